The maximum atomic E-state index is 8.46. The second kappa shape index (κ2) is 5.38. The standard InChI is InChI=1S/C3H11NSi.HO2P/c1-5(2,3)4;1-3-2/h4H2,1-3H3;(H,1,2). The highest BCUT2D eigenvalue weighted by molar-refractivity contribution is 7.16. The van der Waals surface area contributed by atoms with Gasteiger partial charge in [0, 0.05) is 0 Å². The molecule has 0 atom stereocenters. The van der Waals surface area contributed by atoms with Crippen molar-refractivity contribution in [2.45, 2.75) is 19.6 Å². The molecule has 0 bridgehead atoms. The van der Waals surface area contributed by atoms with Crippen LogP contribution in [0.2, 0.25) is 19.6 Å². The fourth-order valence-corrected chi connectivity index (χ4v) is 0. The molecule has 0 amide bonds. The number of rotatable bonds is 0. The van der Waals surface area contributed by atoms with Gasteiger partial charge in [-0.1, -0.05) is 19.6 Å². The quantitative estimate of drug-likeness (QED) is 0.402. The molecule has 0 spiro atoms. The first-order valence-corrected chi connectivity index (χ1v) is 6.51. The summed E-state index contributed by atoms with van der Waals surface area (Å²) in [6.45, 7) is 6.31. The van der Waals surface area contributed by atoms with E-state index in [1.54, 1.807) is 0 Å². The molecule has 0 aromatic heterocycles. The van der Waals surface area contributed by atoms with Crippen LogP contribution >= 0.6 is 8.69 Å². The maximum absolute atomic E-state index is 8.46. The number of nitrogens with two attached hydrogens (primary N) is 1. The molecule has 5 heteroatoms. The smallest absolute Gasteiger partial charge is 0.324 e. The molecule has 3 nitrogen and oxygen atoms in total. The second-order valence-electron chi connectivity index (χ2n) is 2.45. The van der Waals surface area contributed by atoms with E-state index in [1.165, 1.54) is 0 Å². The summed E-state index contributed by atoms with van der Waals surface area (Å²) in [4.78, 5) is 6.99. The van der Waals surface area contributed by atoms with Crippen LogP contribution in [0.15, 0.2) is 0 Å². The van der Waals surface area contributed by atoms with Crippen molar-refractivity contribution in [1.82, 2.24) is 0 Å². The Kier molecular flexibility index (Phi) is 7.45. The average molecular weight is 153 g/mol. The Bertz CT molecular complexity index is 56.8. The summed E-state index contributed by atoms with van der Waals surface area (Å²) in [5.41, 5.74) is 0. The zero-order valence-corrected chi connectivity index (χ0v) is 7.27. The molecule has 0 rings (SSSR count). The topological polar surface area (TPSA) is 63.3 Å². The summed E-state index contributed by atoms with van der Waals surface area (Å²) >= 11 is 0. The van der Waals surface area contributed by atoms with Crippen molar-refractivity contribution < 1.29 is 9.46 Å². The molecule has 3 N–H and O–H groups in total. The van der Waals surface area contributed by atoms with Gasteiger partial charge in [0.1, 0.15) is 8.24 Å². The van der Waals surface area contributed by atoms with Crippen molar-refractivity contribution in [3.63, 3.8) is 0 Å². The zero-order valence-electron chi connectivity index (χ0n) is 5.38. The van der Waals surface area contributed by atoms with Crippen molar-refractivity contribution in [2.24, 2.45) is 5.40 Å². The minimum atomic E-state index is -1.11. The van der Waals surface area contributed by atoms with Gasteiger partial charge in [0.05, 0.1) is 0 Å². The van der Waals surface area contributed by atoms with Gasteiger partial charge in [-0.3, -0.25) is 0 Å². The monoisotopic (exact) mass is 153 g/mol. The van der Waals surface area contributed by atoms with Crippen molar-refractivity contribution in [3.05, 3.63) is 0 Å². The summed E-state index contributed by atoms with van der Waals surface area (Å²) in [5.74, 6) is 0. The average Bonchev–Trinajstić information content (AvgIpc) is 1.27. The van der Waals surface area contributed by atoms with Gasteiger partial charge in [-0.15, -0.1) is 0 Å². The van der Waals surface area contributed by atoms with Gasteiger partial charge in [0.15, 0.2) is 0 Å². The van der Waals surface area contributed by atoms with Crippen LogP contribution in [0.1, 0.15) is 0 Å². The first-order chi connectivity index (χ1) is 3.41. The lowest BCUT2D eigenvalue weighted by atomic mass is 11.8. The van der Waals surface area contributed by atoms with E-state index < -0.39 is 16.9 Å². The number of hydrogen-bond acceptors (Lipinski definition) is 2. The van der Waals surface area contributed by atoms with Crippen LogP contribution in [-0.2, 0) is 4.57 Å². The molecule has 0 saturated carbocycles. The Hall–Kier alpha value is 0.237. The molecule has 0 aliphatic heterocycles. The van der Waals surface area contributed by atoms with Crippen molar-refractivity contribution >= 4 is 16.9 Å². The summed E-state index contributed by atoms with van der Waals surface area (Å²) in [7, 11) is -1.94. The van der Waals surface area contributed by atoms with Crippen molar-refractivity contribution in [3.8, 4) is 0 Å². The highest BCUT2D eigenvalue weighted by Crippen LogP contribution is 1.83. The molecule has 50 valence electrons. The lowest BCUT2D eigenvalue weighted by molar-refractivity contribution is 0.524. The van der Waals surface area contributed by atoms with E-state index in [0.29, 0.717) is 0 Å². The molecule has 0 aromatic carbocycles. The molecule has 0 saturated heterocycles. The molecule has 0 aliphatic carbocycles. The Morgan fingerprint density at radius 2 is 1.50 bits per heavy atom. The minimum Gasteiger partial charge on any atom is -0.351 e. The van der Waals surface area contributed by atoms with Crippen LogP contribution in [0.25, 0.3) is 0 Å². The predicted octanol–water partition coefficient (Wildman–Crippen LogP) is 0.965. The van der Waals surface area contributed by atoms with Crippen LogP contribution in [0.5, 0.6) is 0 Å². The normalized spacial score (nSPS) is 10.1. The van der Waals surface area contributed by atoms with E-state index in [9.17, 15) is 0 Å². The summed E-state index contributed by atoms with van der Waals surface area (Å²) in [6.07, 6.45) is 0. The minimum absolute atomic E-state index is 0.833. The summed E-state index contributed by atoms with van der Waals surface area (Å²) in [5, 5.41) is 5.49. The van der Waals surface area contributed by atoms with Crippen molar-refractivity contribution in [1.29, 1.82) is 0 Å². The third kappa shape index (κ3) is 3050. The van der Waals surface area contributed by atoms with Crippen LogP contribution in [0.3, 0.4) is 0 Å². The Balaban J connectivity index is 0. The lowest BCUT2D eigenvalue weighted by Crippen LogP contribution is -2.32. The van der Waals surface area contributed by atoms with Gasteiger partial charge in [0.2, 0.25) is 0 Å². The molecule has 8 heavy (non-hydrogen) atoms. The first-order valence-electron chi connectivity index (χ1n) is 2.17. The van der Waals surface area contributed by atoms with E-state index in [0.717, 1.165) is 0 Å². The van der Waals surface area contributed by atoms with Crippen molar-refractivity contribution in [2.75, 3.05) is 0 Å². The largest absolute Gasteiger partial charge is 0.351 e. The predicted molar refractivity (Wildman–Crippen MR) is 37.4 cm³/mol. The lowest BCUT2D eigenvalue weighted by Gasteiger charge is -2.02. The van der Waals surface area contributed by atoms with E-state index >= 15 is 0 Å². The Labute approximate surface area is 52.3 Å². The fourth-order valence-electron chi connectivity index (χ4n) is 0. The Morgan fingerprint density at radius 3 is 1.50 bits per heavy atom. The first kappa shape index (κ1) is 11.1. The van der Waals surface area contributed by atoms with Crippen LogP contribution in [0.4, 0.5) is 0 Å². The zero-order chi connectivity index (χ0) is 7.21. The third-order valence-electron chi connectivity index (χ3n) is 0. The van der Waals surface area contributed by atoms with Gasteiger partial charge < -0.3 is 10.3 Å². The van der Waals surface area contributed by atoms with Gasteiger partial charge in [-0.25, -0.2) is 4.57 Å². The molecule has 0 aliphatic rings. The van der Waals surface area contributed by atoms with E-state index in [4.69, 9.17) is 14.9 Å². The molecule has 0 aromatic rings. The summed E-state index contributed by atoms with van der Waals surface area (Å²) < 4.78 is 8.46. The van der Waals surface area contributed by atoms with Gasteiger partial charge in [-0.05, 0) is 0 Å². The van der Waals surface area contributed by atoms with Gasteiger partial charge >= 0.3 is 8.69 Å². The highest BCUT2D eigenvalue weighted by Gasteiger charge is 2.00. The number of hydrogen-bond donors (Lipinski definition) is 2. The molecule has 0 heterocycles. The molecular formula is C3H12NO2PSi. The Morgan fingerprint density at radius 1 is 1.50 bits per heavy atom. The van der Waals surface area contributed by atoms with Crippen LogP contribution < -0.4 is 5.40 Å². The van der Waals surface area contributed by atoms with Gasteiger partial charge in [0.25, 0.3) is 0 Å². The SMILES string of the molecule is C[Si](C)(C)N.O=PO. The second-order valence-corrected chi connectivity index (χ2v) is 7.34. The van der Waals surface area contributed by atoms with E-state index in [1.807, 2.05) is 0 Å². The van der Waals surface area contributed by atoms with E-state index in [2.05, 4.69) is 19.6 Å². The van der Waals surface area contributed by atoms with Gasteiger partial charge in [-0.2, -0.15) is 0 Å². The third-order valence-corrected chi connectivity index (χ3v) is 0. The molecule has 0 radical (unpaired) electrons. The van der Waals surface area contributed by atoms with E-state index in [-0.39, 0.29) is 0 Å². The molecule has 0 fully saturated rings. The highest BCUT2D eigenvalue weighted by atomic mass is 31.1. The fraction of sp³-hybridized carbons (Fsp3) is 1.00. The van der Waals surface area contributed by atoms with Crippen LogP contribution in [0, 0.1) is 0 Å². The van der Waals surface area contributed by atoms with Crippen LogP contribution in [-0.4, -0.2) is 13.1 Å². The molecular weight excluding hydrogens is 141 g/mol. The molecule has 0 unspecified atom stereocenters. The maximum Gasteiger partial charge on any atom is 0.324 e. The summed E-state index contributed by atoms with van der Waals surface area (Å²) in [6, 6.07) is 0.